The van der Waals surface area contributed by atoms with Gasteiger partial charge in [-0.1, -0.05) is 12.1 Å². The summed E-state index contributed by atoms with van der Waals surface area (Å²) in [4.78, 5) is 24.8. The van der Waals surface area contributed by atoms with Crippen molar-refractivity contribution >= 4 is 17.5 Å². The van der Waals surface area contributed by atoms with Crippen molar-refractivity contribution < 1.29 is 22.8 Å². The highest BCUT2D eigenvalue weighted by molar-refractivity contribution is 5.95. The number of likely N-dealkylation sites (N-methyl/N-ethyl adjacent to an activating group) is 2. The number of hydrogen-bond donors (Lipinski definition) is 2. The first-order chi connectivity index (χ1) is 10.3. The summed E-state index contributed by atoms with van der Waals surface area (Å²) in [5.74, 6) is -0.979. The molecule has 0 heterocycles. The zero-order valence-corrected chi connectivity index (χ0v) is 12.3. The van der Waals surface area contributed by atoms with E-state index in [-0.39, 0.29) is 31.2 Å². The van der Waals surface area contributed by atoms with E-state index >= 15 is 0 Å². The molecule has 8 heteroatoms. The highest BCUT2D eigenvalue weighted by Crippen LogP contribution is 2.34. The minimum Gasteiger partial charge on any atom is -0.333 e. The van der Waals surface area contributed by atoms with Crippen LogP contribution in [0.3, 0.4) is 0 Å². The van der Waals surface area contributed by atoms with Gasteiger partial charge in [-0.05, 0) is 26.1 Å². The van der Waals surface area contributed by atoms with Crippen LogP contribution in [0.25, 0.3) is 0 Å². The van der Waals surface area contributed by atoms with Gasteiger partial charge in [-0.2, -0.15) is 13.2 Å². The van der Waals surface area contributed by atoms with Gasteiger partial charge in [0.15, 0.2) is 0 Å². The van der Waals surface area contributed by atoms with Gasteiger partial charge >= 0.3 is 6.18 Å². The number of anilines is 1. The van der Waals surface area contributed by atoms with Crippen LogP contribution in [0.1, 0.15) is 12.5 Å². The van der Waals surface area contributed by atoms with Crippen LogP contribution in [0.15, 0.2) is 24.3 Å². The third-order valence-corrected chi connectivity index (χ3v) is 2.90. The molecule has 2 N–H and O–H groups in total. The Morgan fingerprint density at radius 3 is 2.41 bits per heavy atom. The molecule has 0 aromatic heterocycles. The van der Waals surface area contributed by atoms with Crippen LogP contribution in [0.5, 0.6) is 0 Å². The summed E-state index contributed by atoms with van der Waals surface area (Å²) in [6.45, 7) is 1.73. The quantitative estimate of drug-likeness (QED) is 0.840. The average molecular weight is 317 g/mol. The van der Waals surface area contributed by atoms with Crippen molar-refractivity contribution in [1.29, 1.82) is 0 Å². The summed E-state index contributed by atoms with van der Waals surface area (Å²) < 4.78 is 38.5. The average Bonchev–Trinajstić information content (AvgIpc) is 2.44. The van der Waals surface area contributed by atoms with E-state index in [0.717, 1.165) is 6.07 Å². The van der Waals surface area contributed by atoms with Crippen molar-refractivity contribution in [3.8, 4) is 0 Å². The third-order valence-electron chi connectivity index (χ3n) is 2.90. The highest BCUT2D eigenvalue weighted by Gasteiger charge is 2.33. The molecule has 0 saturated heterocycles. The molecule has 1 rings (SSSR count). The van der Waals surface area contributed by atoms with Crippen LogP contribution < -0.4 is 10.6 Å². The predicted octanol–water partition coefficient (Wildman–Crippen LogP) is 1.71. The van der Waals surface area contributed by atoms with Crippen molar-refractivity contribution in [2.45, 2.75) is 13.1 Å². The minimum absolute atomic E-state index is 0.0558. The Bertz CT molecular complexity index is 532. The van der Waals surface area contributed by atoms with Crippen LogP contribution >= 0.6 is 0 Å². The van der Waals surface area contributed by atoms with Crippen LogP contribution in [0.4, 0.5) is 18.9 Å². The number of carbonyl (C=O) groups is 2. The van der Waals surface area contributed by atoms with E-state index < -0.39 is 17.6 Å². The Morgan fingerprint density at radius 1 is 1.23 bits per heavy atom. The summed E-state index contributed by atoms with van der Waals surface area (Å²) in [5, 5.41) is 4.87. The Kier molecular flexibility index (Phi) is 6.36. The number of benzene rings is 1. The molecule has 0 radical (unpaired) electrons. The van der Waals surface area contributed by atoms with Gasteiger partial charge in [0.25, 0.3) is 0 Å². The van der Waals surface area contributed by atoms with Gasteiger partial charge in [0, 0.05) is 6.54 Å². The molecular weight excluding hydrogens is 299 g/mol. The lowest BCUT2D eigenvalue weighted by molar-refractivity contribution is -0.137. The van der Waals surface area contributed by atoms with E-state index in [9.17, 15) is 22.8 Å². The lowest BCUT2D eigenvalue weighted by Crippen LogP contribution is -2.41. The maximum absolute atomic E-state index is 12.8. The molecule has 0 aliphatic heterocycles. The molecule has 0 unspecified atom stereocenters. The lowest BCUT2D eigenvalue weighted by atomic mass is 10.1. The molecule has 0 fully saturated rings. The molecule has 0 bridgehead atoms. The monoisotopic (exact) mass is 317 g/mol. The first-order valence-electron chi connectivity index (χ1n) is 6.68. The van der Waals surface area contributed by atoms with Gasteiger partial charge in [0.2, 0.25) is 11.8 Å². The second kappa shape index (κ2) is 7.79. The molecule has 1 aromatic rings. The topological polar surface area (TPSA) is 61.4 Å². The van der Waals surface area contributed by atoms with Crippen LogP contribution in [0, 0.1) is 0 Å². The summed E-state index contributed by atoms with van der Waals surface area (Å²) in [6, 6.07) is 4.70. The number of carbonyl (C=O) groups excluding carboxylic acids is 2. The number of nitrogens with one attached hydrogen (secondary N) is 2. The van der Waals surface area contributed by atoms with E-state index in [1.165, 1.54) is 23.1 Å². The highest BCUT2D eigenvalue weighted by atomic mass is 19.4. The van der Waals surface area contributed by atoms with Crippen molar-refractivity contribution in [3.63, 3.8) is 0 Å². The number of halogens is 3. The predicted molar refractivity (Wildman–Crippen MR) is 76.3 cm³/mol. The van der Waals surface area contributed by atoms with Crippen LogP contribution in [-0.2, 0) is 15.8 Å². The maximum atomic E-state index is 12.8. The van der Waals surface area contributed by atoms with E-state index in [1.54, 1.807) is 14.0 Å². The Balaban J connectivity index is 2.79. The number of nitrogens with zero attached hydrogens (tertiary/aromatic N) is 1. The minimum atomic E-state index is -4.56. The van der Waals surface area contributed by atoms with Gasteiger partial charge in [0.1, 0.15) is 0 Å². The molecule has 0 saturated carbocycles. The van der Waals surface area contributed by atoms with E-state index in [1.807, 2.05) is 0 Å². The molecule has 0 aliphatic carbocycles. The van der Waals surface area contributed by atoms with E-state index in [0.29, 0.717) is 0 Å². The fraction of sp³-hybridized carbons (Fsp3) is 0.429. The second-order valence-corrected chi connectivity index (χ2v) is 4.53. The summed E-state index contributed by atoms with van der Waals surface area (Å²) in [6.07, 6.45) is -4.56. The smallest absolute Gasteiger partial charge is 0.333 e. The molecule has 1 aromatic carbocycles. The molecule has 2 amide bonds. The van der Waals surface area contributed by atoms with Gasteiger partial charge in [-0.3, -0.25) is 9.59 Å². The van der Waals surface area contributed by atoms with Crippen molar-refractivity contribution in [2.75, 3.05) is 32.0 Å². The first kappa shape index (κ1) is 18.0. The number of alkyl halides is 3. The fourth-order valence-electron chi connectivity index (χ4n) is 1.84. The second-order valence-electron chi connectivity index (χ2n) is 4.53. The lowest BCUT2D eigenvalue weighted by Gasteiger charge is -2.21. The number of para-hydroxylation sites is 1. The zero-order valence-electron chi connectivity index (χ0n) is 12.3. The molecule has 22 heavy (non-hydrogen) atoms. The number of hydrogen-bond acceptors (Lipinski definition) is 3. The van der Waals surface area contributed by atoms with Crippen LogP contribution in [0.2, 0.25) is 0 Å². The van der Waals surface area contributed by atoms with Gasteiger partial charge < -0.3 is 15.5 Å². The molecule has 122 valence electrons. The SMILES string of the molecule is CCN(CC(=O)Nc1ccccc1C(F)(F)F)C(=O)CNC. The third kappa shape index (κ3) is 5.03. The molecule has 0 atom stereocenters. The fourth-order valence-corrected chi connectivity index (χ4v) is 1.84. The van der Waals surface area contributed by atoms with Crippen molar-refractivity contribution in [2.24, 2.45) is 0 Å². The normalized spacial score (nSPS) is 11.1. The Hall–Kier alpha value is -2.09. The number of amides is 2. The van der Waals surface area contributed by atoms with Gasteiger partial charge in [0.05, 0.1) is 24.3 Å². The van der Waals surface area contributed by atoms with Crippen molar-refractivity contribution in [3.05, 3.63) is 29.8 Å². The molecule has 0 aliphatic rings. The first-order valence-corrected chi connectivity index (χ1v) is 6.68. The standard InChI is InChI=1S/C14H18F3N3O2/c1-3-20(13(22)8-18-2)9-12(21)19-11-7-5-4-6-10(11)14(15,16)17/h4-7,18H,3,8-9H2,1-2H3,(H,19,21). The van der Waals surface area contributed by atoms with E-state index in [4.69, 9.17) is 0 Å². The molecular formula is C14H18F3N3O2. The maximum Gasteiger partial charge on any atom is 0.418 e. The summed E-state index contributed by atoms with van der Waals surface area (Å²) in [5.41, 5.74) is -1.25. The summed E-state index contributed by atoms with van der Waals surface area (Å²) in [7, 11) is 1.59. The molecule has 0 spiro atoms. The largest absolute Gasteiger partial charge is 0.418 e. The van der Waals surface area contributed by atoms with Gasteiger partial charge in [-0.25, -0.2) is 0 Å². The Labute approximate surface area is 126 Å². The Morgan fingerprint density at radius 2 is 1.86 bits per heavy atom. The summed E-state index contributed by atoms with van der Waals surface area (Å²) >= 11 is 0. The van der Waals surface area contributed by atoms with Crippen molar-refractivity contribution in [1.82, 2.24) is 10.2 Å². The van der Waals surface area contributed by atoms with Gasteiger partial charge in [-0.15, -0.1) is 0 Å². The number of rotatable bonds is 6. The molecule has 5 nitrogen and oxygen atoms in total. The van der Waals surface area contributed by atoms with Crippen LogP contribution in [-0.4, -0.2) is 43.4 Å². The van der Waals surface area contributed by atoms with E-state index in [2.05, 4.69) is 10.6 Å². The zero-order chi connectivity index (χ0) is 16.8.